The van der Waals surface area contributed by atoms with Crippen LogP contribution in [0.2, 0.25) is 0 Å². The van der Waals surface area contributed by atoms with Crippen molar-refractivity contribution in [2.45, 2.75) is 57.3 Å². The van der Waals surface area contributed by atoms with Gasteiger partial charge in [0, 0.05) is 22.5 Å². The quantitative estimate of drug-likeness (QED) is 0.158. The van der Waals surface area contributed by atoms with Crippen LogP contribution in [0.5, 0.6) is 0 Å². The summed E-state index contributed by atoms with van der Waals surface area (Å²) in [5.74, 6) is 0.672. The summed E-state index contributed by atoms with van der Waals surface area (Å²) in [6.45, 7) is 4.74. The van der Waals surface area contributed by atoms with Crippen molar-refractivity contribution in [2.24, 2.45) is 0 Å². The molecular weight excluding hydrogens is 675 g/mol. The van der Waals surface area contributed by atoms with Gasteiger partial charge in [-0.05, 0) is 127 Å². The van der Waals surface area contributed by atoms with E-state index in [9.17, 15) is 0 Å². The summed E-state index contributed by atoms with van der Waals surface area (Å²) < 4.78 is 0. The molecule has 0 aromatic heterocycles. The van der Waals surface area contributed by atoms with Crippen molar-refractivity contribution in [2.75, 3.05) is 4.90 Å². The van der Waals surface area contributed by atoms with Crippen LogP contribution in [0, 0.1) is 0 Å². The maximum atomic E-state index is 2.46. The Kier molecular flexibility index (Phi) is 8.67. The van der Waals surface area contributed by atoms with Crippen LogP contribution in [0.25, 0.3) is 55.3 Å². The molecule has 1 fully saturated rings. The molecule has 0 aliphatic heterocycles. The van der Waals surface area contributed by atoms with E-state index in [1.807, 2.05) is 0 Å². The van der Waals surface area contributed by atoms with Gasteiger partial charge in [-0.15, -0.1) is 0 Å². The highest BCUT2D eigenvalue weighted by Gasteiger charge is 2.35. The van der Waals surface area contributed by atoms with E-state index in [1.54, 1.807) is 0 Å². The van der Waals surface area contributed by atoms with Crippen LogP contribution in [-0.2, 0) is 5.41 Å². The van der Waals surface area contributed by atoms with Crippen molar-refractivity contribution >= 4 is 27.8 Å². The summed E-state index contributed by atoms with van der Waals surface area (Å²) in [7, 11) is 0. The lowest BCUT2D eigenvalue weighted by molar-refractivity contribution is 0.443. The number of benzene rings is 8. The molecule has 2 aliphatic rings. The Morgan fingerprint density at radius 3 is 1.82 bits per heavy atom. The molecule has 0 heterocycles. The fraction of sp³-hybridized carbons (Fsp3) is 0.164. The second-order valence-corrected chi connectivity index (χ2v) is 16.3. The molecule has 8 aromatic rings. The van der Waals surface area contributed by atoms with E-state index >= 15 is 0 Å². The predicted octanol–water partition coefficient (Wildman–Crippen LogP) is 15.7. The van der Waals surface area contributed by atoms with E-state index in [-0.39, 0.29) is 5.41 Å². The molecule has 0 radical (unpaired) electrons. The van der Waals surface area contributed by atoms with Gasteiger partial charge in [0.1, 0.15) is 0 Å². The maximum absolute atomic E-state index is 2.46. The number of hydrogen-bond acceptors (Lipinski definition) is 1. The first-order chi connectivity index (χ1) is 27.5. The Balaban J connectivity index is 1.12. The van der Waals surface area contributed by atoms with Crippen LogP contribution in [0.1, 0.15) is 68.6 Å². The summed E-state index contributed by atoms with van der Waals surface area (Å²) in [6.07, 6.45) is 6.66. The topological polar surface area (TPSA) is 3.24 Å². The molecule has 8 aromatic carbocycles. The monoisotopic (exact) mass is 721 g/mol. The van der Waals surface area contributed by atoms with E-state index in [0.29, 0.717) is 5.92 Å². The molecule has 0 saturated heterocycles. The van der Waals surface area contributed by atoms with Crippen molar-refractivity contribution in [1.82, 2.24) is 0 Å². The van der Waals surface area contributed by atoms with Gasteiger partial charge in [0.2, 0.25) is 0 Å². The van der Waals surface area contributed by atoms with Gasteiger partial charge in [-0.25, -0.2) is 0 Å². The van der Waals surface area contributed by atoms with Crippen LogP contribution in [-0.4, -0.2) is 0 Å². The molecule has 1 nitrogen and oxygen atoms in total. The number of anilines is 3. The van der Waals surface area contributed by atoms with Gasteiger partial charge in [0.25, 0.3) is 0 Å². The average molecular weight is 722 g/mol. The zero-order chi connectivity index (χ0) is 37.6. The summed E-state index contributed by atoms with van der Waals surface area (Å²) in [5.41, 5.74) is 17.8. The number of rotatable bonds is 7. The Labute approximate surface area is 331 Å². The van der Waals surface area contributed by atoms with Crippen LogP contribution in [0.3, 0.4) is 0 Å². The Hall–Kier alpha value is -6.18. The number of fused-ring (bicyclic) bond motifs is 4. The first kappa shape index (κ1) is 34.3. The largest absolute Gasteiger partial charge is 0.310 e. The van der Waals surface area contributed by atoms with Crippen molar-refractivity contribution < 1.29 is 0 Å². The molecule has 0 amide bonds. The lowest BCUT2D eigenvalue weighted by Crippen LogP contribution is -2.16. The van der Waals surface area contributed by atoms with Gasteiger partial charge in [0.05, 0.1) is 0 Å². The summed E-state index contributed by atoms with van der Waals surface area (Å²) in [6, 6.07) is 67.9. The van der Waals surface area contributed by atoms with Crippen LogP contribution < -0.4 is 4.90 Å². The fourth-order valence-corrected chi connectivity index (χ4v) is 9.79. The second kappa shape index (κ2) is 14.2. The maximum Gasteiger partial charge on any atom is 0.0465 e. The third-order valence-electron chi connectivity index (χ3n) is 12.7. The molecular formula is C55H47N. The van der Waals surface area contributed by atoms with E-state index < -0.39 is 0 Å². The lowest BCUT2D eigenvalue weighted by Gasteiger charge is -2.29. The van der Waals surface area contributed by atoms with E-state index in [1.165, 1.54) is 115 Å². The van der Waals surface area contributed by atoms with Gasteiger partial charge in [-0.3, -0.25) is 0 Å². The van der Waals surface area contributed by atoms with E-state index in [4.69, 9.17) is 0 Å². The normalized spacial score (nSPS) is 14.7. The highest BCUT2D eigenvalue weighted by molar-refractivity contribution is 6.04. The van der Waals surface area contributed by atoms with Gasteiger partial charge in [-0.1, -0.05) is 179 Å². The molecule has 1 saturated carbocycles. The molecule has 272 valence electrons. The highest BCUT2D eigenvalue weighted by Crippen LogP contribution is 2.51. The molecule has 0 spiro atoms. The first-order valence-electron chi connectivity index (χ1n) is 20.5. The Morgan fingerprint density at radius 2 is 1.02 bits per heavy atom. The average Bonchev–Trinajstić information content (AvgIpc) is 3.49. The van der Waals surface area contributed by atoms with E-state index in [2.05, 4.69) is 201 Å². The zero-order valence-electron chi connectivity index (χ0n) is 32.4. The molecule has 10 rings (SSSR count). The first-order valence-corrected chi connectivity index (χ1v) is 20.5. The minimum absolute atomic E-state index is 0.0819. The Morgan fingerprint density at radius 1 is 0.429 bits per heavy atom. The van der Waals surface area contributed by atoms with Crippen LogP contribution in [0.15, 0.2) is 182 Å². The molecule has 1 heteroatoms. The molecule has 56 heavy (non-hydrogen) atoms. The third kappa shape index (κ3) is 5.94. The Bertz CT molecular complexity index is 2670. The van der Waals surface area contributed by atoms with Crippen LogP contribution in [0.4, 0.5) is 17.1 Å². The SMILES string of the molecule is CC1(C)c2ccccc2-c2ccc(N(c3ccc(-c4c(-c5ccccc5)cccc4-c4cccc5ccccc45)cc3)c3ccc(C4CCCCC4)cc3)cc21. The summed E-state index contributed by atoms with van der Waals surface area (Å²) >= 11 is 0. The van der Waals surface area contributed by atoms with Crippen LogP contribution >= 0.6 is 0 Å². The molecule has 0 atom stereocenters. The van der Waals surface area contributed by atoms with Crippen molar-refractivity contribution in [1.29, 1.82) is 0 Å². The van der Waals surface area contributed by atoms with Crippen molar-refractivity contribution in [3.8, 4) is 44.5 Å². The molecule has 2 aliphatic carbocycles. The highest BCUT2D eigenvalue weighted by atomic mass is 15.1. The van der Waals surface area contributed by atoms with Crippen molar-refractivity contribution in [3.05, 3.63) is 199 Å². The minimum Gasteiger partial charge on any atom is -0.310 e. The third-order valence-corrected chi connectivity index (χ3v) is 12.7. The standard InChI is InChI=1S/C55H47N/c1-55(2)52-26-12-11-22-49(52)50-36-35-45(37-53(50)55)56(43-31-27-39(28-32-43)38-15-5-3-6-16-38)44-33-29-42(30-34-44)54-47(41-17-7-4-8-18-41)23-14-25-51(54)48-24-13-20-40-19-9-10-21-46(40)48/h4,7-14,17-38H,3,5-6,15-16H2,1-2H3. The predicted molar refractivity (Wildman–Crippen MR) is 238 cm³/mol. The van der Waals surface area contributed by atoms with Gasteiger partial charge < -0.3 is 4.90 Å². The van der Waals surface area contributed by atoms with Gasteiger partial charge in [0.15, 0.2) is 0 Å². The van der Waals surface area contributed by atoms with Crippen molar-refractivity contribution in [3.63, 3.8) is 0 Å². The van der Waals surface area contributed by atoms with Gasteiger partial charge in [-0.2, -0.15) is 0 Å². The minimum atomic E-state index is -0.0819. The lowest BCUT2D eigenvalue weighted by atomic mass is 9.82. The van der Waals surface area contributed by atoms with Gasteiger partial charge >= 0.3 is 0 Å². The summed E-state index contributed by atoms with van der Waals surface area (Å²) in [5, 5.41) is 2.52. The molecule has 0 unspecified atom stereocenters. The number of hydrogen-bond donors (Lipinski definition) is 0. The molecule has 0 bridgehead atoms. The van der Waals surface area contributed by atoms with E-state index in [0.717, 1.165) is 5.69 Å². The fourth-order valence-electron chi connectivity index (χ4n) is 9.79. The molecule has 0 N–H and O–H groups in total. The number of nitrogens with zero attached hydrogens (tertiary/aromatic N) is 1. The second-order valence-electron chi connectivity index (χ2n) is 16.3. The summed E-state index contributed by atoms with van der Waals surface area (Å²) in [4.78, 5) is 2.46. The smallest absolute Gasteiger partial charge is 0.0465 e. The zero-order valence-corrected chi connectivity index (χ0v) is 32.4.